The van der Waals surface area contributed by atoms with Crippen LogP contribution in [0.4, 0.5) is 5.82 Å². The fourth-order valence-electron chi connectivity index (χ4n) is 1.67. The van der Waals surface area contributed by atoms with Gasteiger partial charge in [-0.25, -0.2) is 0 Å². The summed E-state index contributed by atoms with van der Waals surface area (Å²) in [6.45, 7) is 1.90. The summed E-state index contributed by atoms with van der Waals surface area (Å²) in [6.07, 6.45) is 0.834. The number of anilines is 1. The van der Waals surface area contributed by atoms with E-state index in [-0.39, 0.29) is 12.5 Å². The molecule has 2 aromatic rings. The first kappa shape index (κ1) is 13.9. The molecule has 0 radical (unpaired) electrons. The average molecular weight is 275 g/mol. The Balaban J connectivity index is 1.88. The van der Waals surface area contributed by atoms with E-state index in [2.05, 4.69) is 15.5 Å². The smallest absolute Gasteiger partial charge is 0.263 e. The quantitative estimate of drug-likeness (QED) is 0.845. The monoisotopic (exact) mass is 275 g/mol. The van der Waals surface area contributed by atoms with Gasteiger partial charge in [-0.05, 0) is 18.6 Å². The molecule has 1 heterocycles. The van der Waals surface area contributed by atoms with Crippen LogP contribution in [-0.4, -0.2) is 29.8 Å². The van der Waals surface area contributed by atoms with Crippen LogP contribution in [0.15, 0.2) is 30.3 Å². The number of methoxy groups -OCH3 is 1. The molecule has 6 nitrogen and oxygen atoms in total. The molecule has 0 atom stereocenters. The number of carbonyl (C=O) groups is 1. The van der Waals surface area contributed by atoms with Gasteiger partial charge in [0.25, 0.3) is 5.91 Å². The molecule has 1 amide bonds. The van der Waals surface area contributed by atoms with E-state index in [1.165, 1.54) is 0 Å². The lowest BCUT2D eigenvalue weighted by Crippen LogP contribution is -2.20. The van der Waals surface area contributed by atoms with Crippen LogP contribution in [-0.2, 0) is 11.2 Å². The Labute approximate surface area is 117 Å². The zero-order valence-electron chi connectivity index (χ0n) is 11.5. The highest BCUT2D eigenvalue weighted by Crippen LogP contribution is 2.25. The second kappa shape index (κ2) is 6.60. The van der Waals surface area contributed by atoms with Gasteiger partial charge in [0.05, 0.1) is 7.11 Å². The van der Waals surface area contributed by atoms with E-state index in [0.717, 1.165) is 12.1 Å². The number of hydrogen-bond donors (Lipinski definition) is 2. The SMILES string of the molecule is CCc1cc(NC(=O)COc2ccccc2OC)n[nH]1. The fourth-order valence-corrected chi connectivity index (χ4v) is 1.67. The van der Waals surface area contributed by atoms with E-state index in [1.807, 2.05) is 19.1 Å². The Bertz CT molecular complexity index is 581. The molecule has 0 saturated heterocycles. The minimum Gasteiger partial charge on any atom is -0.493 e. The van der Waals surface area contributed by atoms with Gasteiger partial charge in [-0.3, -0.25) is 9.89 Å². The summed E-state index contributed by atoms with van der Waals surface area (Å²) in [5, 5.41) is 9.46. The lowest BCUT2D eigenvalue weighted by atomic mass is 10.3. The number of aromatic nitrogens is 2. The number of nitrogens with zero attached hydrogens (tertiary/aromatic N) is 1. The Morgan fingerprint density at radius 1 is 1.35 bits per heavy atom. The Morgan fingerprint density at radius 2 is 2.10 bits per heavy atom. The molecule has 2 rings (SSSR count). The van der Waals surface area contributed by atoms with Crippen molar-refractivity contribution in [3.8, 4) is 11.5 Å². The third-order valence-electron chi connectivity index (χ3n) is 2.71. The summed E-state index contributed by atoms with van der Waals surface area (Å²) in [5.41, 5.74) is 0.964. The van der Waals surface area contributed by atoms with Crippen molar-refractivity contribution in [3.63, 3.8) is 0 Å². The van der Waals surface area contributed by atoms with Crippen LogP contribution >= 0.6 is 0 Å². The minimum atomic E-state index is -0.273. The minimum absolute atomic E-state index is 0.102. The molecule has 0 bridgehead atoms. The summed E-state index contributed by atoms with van der Waals surface area (Å²) >= 11 is 0. The van der Waals surface area contributed by atoms with Crippen molar-refractivity contribution in [2.75, 3.05) is 19.0 Å². The third kappa shape index (κ3) is 3.50. The van der Waals surface area contributed by atoms with E-state index < -0.39 is 0 Å². The molecule has 0 aliphatic rings. The Kier molecular flexibility index (Phi) is 4.60. The molecule has 1 aromatic heterocycles. The van der Waals surface area contributed by atoms with Crippen LogP contribution in [0, 0.1) is 0 Å². The first-order chi connectivity index (χ1) is 9.72. The molecule has 0 fully saturated rings. The number of rotatable bonds is 6. The van der Waals surface area contributed by atoms with Gasteiger partial charge in [-0.2, -0.15) is 5.10 Å². The van der Waals surface area contributed by atoms with Crippen LogP contribution in [0.3, 0.4) is 0 Å². The summed E-state index contributed by atoms with van der Waals surface area (Å²) in [4.78, 5) is 11.8. The van der Waals surface area contributed by atoms with Crippen LogP contribution in [0.25, 0.3) is 0 Å². The van der Waals surface area contributed by atoms with Gasteiger partial charge in [0.1, 0.15) is 0 Å². The van der Waals surface area contributed by atoms with Crippen LogP contribution in [0.1, 0.15) is 12.6 Å². The number of para-hydroxylation sites is 2. The maximum atomic E-state index is 11.8. The Morgan fingerprint density at radius 3 is 2.75 bits per heavy atom. The van der Waals surface area contributed by atoms with E-state index in [0.29, 0.717) is 17.3 Å². The lowest BCUT2D eigenvalue weighted by molar-refractivity contribution is -0.118. The van der Waals surface area contributed by atoms with Crippen molar-refractivity contribution in [2.24, 2.45) is 0 Å². The van der Waals surface area contributed by atoms with Crippen molar-refractivity contribution < 1.29 is 14.3 Å². The number of nitrogens with one attached hydrogen (secondary N) is 2. The summed E-state index contributed by atoms with van der Waals surface area (Å²) in [6, 6.07) is 8.96. The summed E-state index contributed by atoms with van der Waals surface area (Å²) in [5.74, 6) is 1.34. The lowest BCUT2D eigenvalue weighted by Gasteiger charge is -2.09. The highest BCUT2D eigenvalue weighted by molar-refractivity contribution is 5.91. The molecular formula is C14H17N3O3. The predicted molar refractivity (Wildman–Crippen MR) is 75.1 cm³/mol. The summed E-state index contributed by atoms with van der Waals surface area (Å²) in [7, 11) is 1.55. The highest BCUT2D eigenvalue weighted by Gasteiger charge is 2.08. The topological polar surface area (TPSA) is 76.2 Å². The normalized spacial score (nSPS) is 10.1. The van der Waals surface area contributed by atoms with Crippen molar-refractivity contribution >= 4 is 11.7 Å². The maximum Gasteiger partial charge on any atom is 0.263 e. The fraction of sp³-hybridized carbons (Fsp3) is 0.286. The first-order valence-corrected chi connectivity index (χ1v) is 6.33. The number of carbonyl (C=O) groups excluding carboxylic acids is 1. The maximum absolute atomic E-state index is 11.8. The molecule has 0 aliphatic carbocycles. The second-order valence-corrected chi connectivity index (χ2v) is 4.12. The molecule has 0 saturated carbocycles. The number of amides is 1. The number of H-pyrrole nitrogens is 1. The van der Waals surface area contributed by atoms with Gasteiger partial charge in [-0.15, -0.1) is 0 Å². The molecule has 6 heteroatoms. The first-order valence-electron chi connectivity index (χ1n) is 6.33. The third-order valence-corrected chi connectivity index (χ3v) is 2.71. The van der Waals surface area contributed by atoms with Crippen LogP contribution in [0.5, 0.6) is 11.5 Å². The van der Waals surface area contributed by atoms with Gasteiger partial charge >= 0.3 is 0 Å². The molecule has 1 aromatic carbocycles. The van der Waals surface area contributed by atoms with Crippen molar-refractivity contribution in [3.05, 3.63) is 36.0 Å². The molecule has 0 spiro atoms. The average Bonchev–Trinajstić information content (AvgIpc) is 2.93. The van der Waals surface area contributed by atoms with Crippen molar-refractivity contribution in [1.82, 2.24) is 10.2 Å². The van der Waals surface area contributed by atoms with E-state index in [1.54, 1.807) is 25.3 Å². The molecule has 2 N–H and O–H groups in total. The van der Waals surface area contributed by atoms with Crippen LogP contribution in [0.2, 0.25) is 0 Å². The molecule has 0 aliphatic heterocycles. The molecule has 20 heavy (non-hydrogen) atoms. The number of ether oxygens (including phenoxy) is 2. The predicted octanol–water partition coefficient (Wildman–Crippen LogP) is 2.00. The standard InChI is InChI=1S/C14H17N3O3/c1-3-10-8-13(17-16-10)15-14(18)9-20-12-7-5-4-6-11(12)19-2/h4-8H,3,9H2,1-2H3,(H2,15,16,17,18). The summed E-state index contributed by atoms with van der Waals surface area (Å²) < 4.78 is 10.6. The number of hydrogen-bond acceptors (Lipinski definition) is 4. The molecule has 106 valence electrons. The Hall–Kier alpha value is -2.50. The second-order valence-electron chi connectivity index (χ2n) is 4.12. The van der Waals surface area contributed by atoms with Gasteiger partial charge in [-0.1, -0.05) is 19.1 Å². The number of aryl methyl sites for hydroxylation is 1. The van der Waals surface area contributed by atoms with E-state index in [9.17, 15) is 4.79 Å². The van der Waals surface area contributed by atoms with Gasteiger partial charge in [0, 0.05) is 11.8 Å². The van der Waals surface area contributed by atoms with Crippen molar-refractivity contribution in [1.29, 1.82) is 0 Å². The largest absolute Gasteiger partial charge is 0.493 e. The molecular weight excluding hydrogens is 258 g/mol. The zero-order chi connectivity index (χ0) is 14.4. The van der Waals surface area contributed by atoms with E-state index >= 15 is 0 Å². The van der Waals surface area contributed by atoms with Gasteiger partial charge in [0.2, 0.25) is 0 Å². The number of aromatic amines is 1. The number of benzene rings is 1. The van der Waals surface area contributed by atoms with Crippen molar-refractivity contribution in [2.45, 2.75) is 13.3 Å². The molecule has 0 unspecified atom stereocenters. The van der Waals surface area contributed by atoms with E-state index in [4.69, 9.17) is 9.47 Å². The van der Waals surface area contributed by atoms with Crippen LogP contribution < -0.4 is 14.8 Å². The highest BCUT2D eigenvalue weighted by atomic mass is 16.5. The van der Waals surface area contributed by atoms with Gasteiger partial charge in [0.15, 0.2) is 23.9 Å². The zero-order valence-corrected chi connectivity index (χ0v) is 11.5. The van der Waals surface area contributed by atoms with Gasteiger partial charge < -0.3 is 14.8 Å².